The molecule has 3 nitrogen and oxygen atoms in total. The van der Waals surface area contributed by atoms with Crippen LogP contribution in [0, 0.1) is 0 Å². The topological polar surface area (TPSA) is 34.2 Å². The van der Waals surface area contributed by atoms with Gasteiger partial charge in [-0.1, -0.05) is 44.5 Å². The largest absolute Gasteiger partial charge is 0.438 e. The lowest BCUT2D eigenvalue weighted by Gasteiger charge is -2.19. The fraction of sp³-hybridized carbons (Fsp3) is 0.353. The lowest BCUT2D eigenvalue weighted by molar-refractivity contribution is 0.459. The van der Waals surface area contributed by atoms with E-state index in [0.717, 1.165) is 17.9 Å². The number of hydrogen-bond acceptors (Lipinski definition) is 3. The van der Waals surface area contributed by atoms with Gasteiger partial charge in [0.15, 0.2) is 0 Å². The van der Waals surface area contributed by atoms with E-state index in [4.69, 9.17) is 16.3 Å². The first-order valence-electron chi connectivity index (χ1n) is 6.97. The van der Waals surface area contributed by atoms with Gasteiger partial charge in [0.25, 0.3) is 0 Å². The first kappa shape index (κ1) is 15.8. The van der Waals surface area contributed by atoms with Crippen molar-refractivity contribution >= 4 is 11.6 Å². The molecule has 1 aromatic heterocycles. The third-order valence-electron chi connectivity index (χ3n) is 3.16. The Kier molecular flexibility index (Phi) is 4.86. The molecule has 0 aliphatic carbocycles. The Balaban J connectivity index is 2.22. The smallest absolute Gasteiger partial charge is 0.238 e. The molecule has 0 amide bonds. The summed E-state index contributed by atoms with van der Waals surface area (Å²) in [6.45, 7) is 7.24. The molecule has 112 valence electrons. The van der Waals surface area contributed by atoms with Crippen LogP contribution in [0.2, 0.25) is 5.02 Å². The highest BCUT2D eigenvalue weighted by atomic mass is 35.5. The molecule has 1 N–H and O–H groups in total. The van der Waals surface area contributed by atoms with E-state index in [1.165, 1.54) is 5.56 Å². The van der Waals surface area contributed by atoms with Crippen LogP contribution in [-0.4, -0.2) is 12.0 Å². The van der Waals surface area contributed by atoms with Gasteiger partial charge in [0.1, 0.15) is 10.8 Å². The summed E-state index contributed by atoms with van der Waals surface area (Å²) in [4.78, 5) is 4.29. The first-order chi connectivity index (χ1) is 9.90. The number of halogens is 1. The maximum atomic E-state index is 6.23. The van der Waals surface area contributed by atoms with Gasteiger partial charge in [-0.25, -0.2) is 4.98 Å². The molecule has 0 saturated carbocycles. The summed E-state index contributed by atoms with van der Waals surface area (Å²) in [6.07, 6.45) is 1.77. The van der Waals surface area contributed by atoms with Crippen molar-refractivity contribution in [2.75, 3.05) is 7.05 Å². The number of benzene rings is 1. The van der Waals surface area contributed by atoms with Crippen LogP contribution in [0.1, 0.15) is 31.9 Å². The van der Waals surface area contributed by atoms with Gasteiger partial charge in [0.2, 0.25) is 5.88 Å². The van der Waals surface area contributed by atoms with Gasteiger partial charge in [-0.3, -0.25) is 0 Å². The molecule has 2 rings (SSSR count). The SMILES string of the molecule is CNCc1cnc(Oc2cccc(C(C)(C)C)c2)c(Cl)c1. The van der Waals surface area contributed by atoms with Crippen LogP contribution in [0.5, 0.6) is 11.6 Å². The number of nitrogens with zero attached hydrogens (tertiary/aromatic N) is 1. The summed E-state index contributed by atoms with van der Waals surface area (Å²) in [5.41, 5.74) is 2.31. The zero-order chi connectivity index (χ0) is 15.5. The standard InChI is InChI=1S/C17H21ClN2O/c1-17(2,3)13-6-5-7-14(9-13)21-16-15(18)8-12(10-19-4)11-20-16/h5-9,11,19H,10H2,1-4H3. The van der Waals surface area contributed by atoms with Crippen LogP contribution in [0.4, 0.5) is 0 Å². The van der Waals surface area contributed by atoms with E-state index in [9.17, 15) is 0 Å². The van der Waals surface area contributed by atoms with Gasteiger partial charge >= 0.3 is 0 Å². The fourth-order valence-electron chi connectivity index (χ4n) is 1.98. The predicted molar refractivity (Wildman–Crippen MR) is 87.2 cm³/mol. The zero-order valence-corrected chi connectivity index (χ0v) is 13.7. The quantitative estimate of drug-likeness (QED) is 0.900. The zero-order valence-electron chi connectivity index (χ0n) is 12.9. The minimum atomic E-state index is 0.0766. The number of rotatable bonds is 4. The van der Waals surface area contributed by atoms with Crippen LogP contribution in [0.3, 0.4) is 0 Å². The molecule has 2 aromatic rings. The highest BCUT2D eigenvalue weighted by molar-refractivity contribution is 6.31. The Morgan fingerprint density at radius 2 is 2.00 bits per heavy atom. The van der Waals surface area contributed by atoms with Gasteiger partial charge in [-0.05, 0) is 41.8 Å². The maximum absolute atomic E-state index is 6.23. The van der Waals surface area contributed by atoms with Gasteiger partial charge < -0.3 is 10.1 Å². The molecular formula is C17H21ClN2O. The predicted octanol–water partition coefficient (Wildman–Crippen LogP) is 4.54. The number of aromatic nitrogens is 1. The van der Waals surface area contributed by atoms with Gasteiger partial charge in [-0.2, -0.15) is 0 Å². The summed E-state index contributed by atoms with van der Waals surface area (Å²) in [5, 5.41) is 3.58. The van der Waals surface area contributed by atoms with E-state index in [-0.39, 0.29) is 5.41 Å². The third kappa shape index (κ3) is 4.19. The molecule has 0 fully saturated rings. The lowest BCUT2D eigenvalue weighted by atomic mass is 9.87. The third-order valence-corrected chi connectivity index (χ3v) is 3.43. The second-order valence-corrected chi connectivity index (χ2v) is 6.45. The molecular weight excluding hydrogens is 284 g/mol. The average molecular weight is 305 g/mol. The van der Waals surface area contributed by atoms with E-state index in [2.05, 4.69) is 37.1 Å². The van der Waals surface area contributed by atoms with E-state index in [1.54, 1.807) is 6.20 Å². The molecule has 0 radical (unpaired) electrons. The second-order valence-electron chi connectivity index (χ2n) is 6.04. The highest BCUT2D eigenvalue weighted by Gasteiger charge is 2.14. The number of hydrogen-bond donors (Lipinski definition) is 1. The molecule has 0 aliphatic rings. The molecule has 21 heavy (non-hydrogen) atoms. The van der Waals surface area contributed by atoms with E-state index in [0.29, 0.717) is 10.9 Å². The number of pyridine rings is 1. The van der Waals surface area contributed by atoms with Crippen LogP contribution in [-0.2, 0) is 12.0 Å². The molecule has 1 heterocycles. The van der Waals surface area contributed by atoms with Crippen molar-refractivity contribution in [3.8, 4) is 11.6 Å². The van der Waals surface area contributed by atoms with Gasteiger partial charge in [0.05, 0.1) is 0 Å². The van der Waals surface area contributed by atoms with Crippen molar-refractivity contribution < 1.29 is 4.74 Å². The van der Waals surface area contributed by atoms with Crippen molar-refractivity contribution in [3.63, 3.8) is 0 Å². The van der Waals surface area contributed by atoms with Crippen LogP contribution in [0.15, 0.2) is 36.5 Å². The molecule has 0 unspecified atom stereocenters. The monoisotopic (exact) mass is 304 g/mol. The Morgan fingerprint density at radius 1 is 1.24 bits per heavy atom. The van der Waals surface area contributed by atoms with Gasteiger partial charge in [0, 0.05) is 12.7 Å². The maximum Gasteiger partial charge on any atom is 0.238 e. The van der Waals surface area contributed by atoms with Crippen molar-refractivity contribution in [1.82, 2.24) is 10.3 Å². The van der Waals surface area contributed by atoms with Crippen LogP contribution >= 0.6 is 11.6 Å². The summed E-state index contributed by atoms with van der Waals surface area (Å²) in [6, 6.07) is 9.89. The second kappa shape index (κ2) is 6.46. The first-order valence-corrected chi connectivity index (χ1v) is 7.35. The van der Waals surface area contributed by atoms with Gasteiger partial charge in [-0.15, -0.1) is 0 Å². The van der Waals surface area contributed by atoms with Crippen molar-refractivity contribution in [2.24, 2.45) is 0 Å². The molecule has 0 spiro atoms. The lowest BCUT2D eigenvalue weighted by Crippen LogP contribution is -2.10. The Labute approximate surface area is 131 Å². The molecule has 4 heteroatoms. The van der Waals surface area contributed by atoms with Crippen molar-refractivity contribution in [1.29, 1.82) is 0 Å². The highest BCUT2D eigenvalue weighted by Crippen LogP contribution is 2.31. The molecule has 0 atom stereocenters. The fourth-order valence-corrected chi connectivity index (χ4v) is 2.21. The van der Waals surface area contributed by atoms with E-state index in [1.807, 2.05) is 31.3 Å². The average Bonchev–Trinajstić information content (AvgIpc) is 2.42. The van der Waals surface area contributed by atoms with E-state index < -0.39 is 0 Å². The summed E-state index contributed by atoms with van der Waals surface area (Å²) in [5.74, 6) is 1.18. The van der Waals surface area contributed by atoms with E-state index >= 15 is 0 Å². The number of ether oxygens (including phenoxy) is 1. The minimum absolute atomic E-state index is 0.0766. The molecule has 0 aliphatic heterocycles. The Hall–Kier alpha value is -1.58. The van der Waals surface area contributed by atoms with Crippen molar-refractivity contribution in [3.05, 3.63) is 52.7 Å². The Morgan fingerprint density at radius 3 is 2.62 bits per heavy atom. The molecule has 1 aromatic carbocycles. The van der Waals surface area contributed by atoms with Crippen LogP contribution in [0.25, 0.3) is 0 Å². The summed E-state index contributed by atoms with van der Waals surface area (Å²) < 4.78 is 5.81. The van der Waals surface area contributed by atoms with Crippen molar-refractivity contribution in [2.45, 2.75) is 32.7 Å². The molecule has 0 saturated heterocycles. The minimum Gasteiger partial charge on any atom is -0.438 e. The summed E-state index contributed by atoms with van der Waals surface area (Å²) in [7, 11) is 1.89. The summed E-state index contributed by atoms with van der Waals surface area (Å²) >= 11 is 6.23. The van der Waals surface area contributed by atoms with Crippen LogP contribution < -0.4 is 10.1 Å². The Bertz CT molecular complexity index is 620. The number of nitrogens with one attached hydrogen (secondary N) is 1. The normalized spacial score (nSPS) is 11.5. The molecule has 0 bridgehead atoms.